The van der Waals surface area contributed by atoms with Gasteiger partial charge in [-0.05, 0) is 18.8 Å². The van der Waals surface area contributed by atoms with Gasteiger partial charge in [0.05, 0.1) is 13.2 Å². The normalized spacial score (nSPS) is 19.4. The smallest absolute Gasteiger partial charge is 0.0700 e. The molecule has 0 spiro atoms. The number of hydrazine groups is 1. The van der Waals surface area contributed by atoms with Crippen LogP contribution in [0, 0.1) is 5.92 Å². The topological polar surface area (TPSA) is 56.5 Å². The van der Waals surface area contributed by atoms with Gasteiger partial charge in [0.25, 0.3) is 0 Å². The minimum absolute atomic E-state index is 0.403. The third-order valence-electron chi connectivity index (χ3n) is 3.62. The number of nitrogens with two attached hydrogens (primary N) is 1. The maximum Gasteiger partial charge on any atom is 0.0700 e. The van der Waals surface area contributed by atoms with Crippen molar-refractivity contribution in [3.63, 3.8) is 0 Å². The van der Waals surface area contributed by atoms with Crippen molar-refractivity contribution in [2.24, 2.45) is 11.8 Å². The molecule has 1 aliphatic rings. The van der Waals surface area contributed by atoms with Gasteiger partial charge in [0, 0.05) is 19.8 Å². The van der Waals surface area contributed by atoms with Crippen LogP contribution in [-0.2, 0) is 9.47 Å². The molecule has 1 atom stereocenters. The summed E-state index contributed by atoms with van der Waals surface area (Å²) in [6, 6.07) is 0.403. The first-order valence-corrected chi connectivity index (χ1v) is 6.89. The van der Waals surface area contributed by atoms with Crippen LogP contribution in [-0.4, -0.2) is 33.0 Å². The highest BCUT2D eigenvalue weighted by molar-refractivity contribution is 4.73. The van der Waals surface area contributed by atoms with E-state index in [1.165, 1.54) is 38.5 Å². The van der Waals surface area contributed by atoms with Gasteiger partial charge < -0.3 is 9.47 Å². The molecule has 1 fully saturated rings. The molecule has 0 saturated heterocycles. The standard InChI is InChI=1S/C13H28N2O2/c1-16-9-10-17-8-7-13(15-14)11-12-5-3-2-4-6-12/h12-13,15H,2-11,14H2,1H3. The van der Waals surface area contributed by atoms with Gasteiger partial charge in [-0.3, -0.25) is 11.3 Å². The van der Waals surface area contributed by atoms with Crippen molar-refractivity contribution >= 4 is 0 Å². The summed E-state index contributed by atoms with van der Waals surface area (Å²) in [5.74, 6) is 6.47. The molecule has 17 heavy (non-hydrogen) atoms. The molecule has 0 heterocycles. The zero-order chi connectivity index (χ0) is 12.3. The van der Waals surface area contributed by atoms with Gasteiger partial charge in [-0.15, -0.1) is 0 Å². The van der Waals surface area contributed by atoms with Crippen LogP contribution < -0.4 is 11.3 Å². The fraction of sp³-hybridized carbons (Fsp3) is 1.00. The number of ether oxygens (including phenoxy) is 2. The van der Waals surface area contributed by atoms with Gasteiger partial charge >= 0.3 is 0 Å². The van der Waals surface area contributed by atoms with Crippen LogP contribution in [0.3, 0.4) is 0 Å². The number of hydrogen-bond donors (Lipinski definition) is 2. The van der Waals surface area contributed by atoms with Gasteiger partial charge in [0.2, 0.25) is 0 Å². The van der Waals surface area contributed by atoms with E-state index in [-0.39, 0.29) is 0 Å². The zero-order valence-electron chi connectivity index (χ0n) is 11.1. The Hall–Kier alpha value is -0.160. The third kappa shape index (κ3) is 6.99. The first kappa shape index (κ1) is 14.9. The van der Waals surface area contributed by atoms with E-state index in [2.05, 4.69) is 5.43 Å². The fourth-order valence-corrected chi connectivity index (χ4v) is 2.56. The van der Waals surface area contributed by atoms with E-state index in [0.717, 1.165) is 18.9 Å². The van der Waals surface area contributed by atoms with E-state index in [9.17, 15) is 0 Å². The molecule has 102 valence electrons. The molecule has 0 bridgehead atoms. The number of hydrogen-bond acceptors (Lipinski definition) is 4. The molecule has 1 unspecified atom stereocenters. The summed E-state index contributed by atoms with van der Waals surface area (Å²) in [7, 11) is 1.69. The van der Waals surface area contributed by atoms with E-state index in [1.54, 1.807) is 7.11 Å². The third-order valence-corrected chi connectivity index (χ3v) is 3.62. The predicted octanol–water partition coefficient (Wildman–Crippen LogP) is 1.84. The summed E-state index contributed by atoms with van der Waals surface area (Å²) < 4.78 is 10.4. The van der Waals surface area contributed by atoms with Crippen molar-refractivity contribution in [3.8, 4) is 0 Å². The number of rotatable bonds is 9. The fourth-order valence-electron chi connectivity index (χ4n) is 2.56. The van der Waals surface area contributed by atoms with E-state index in [0.29, 0.717) is 19.3 Å². The molecule has 1 aliphatic carbocycles. The Balaban J connectivity index is 2.05. The van der Waals surface area contributed by atoms with Crippen molar-refractivity contribution in [1.82, 2.24) is 5.43 Å². The van der Waals surface area contributed by atoms with Gasteiger partial charge in [0.1, 0.15) is 0 Å². The molecule has 4 nitrogen and oxygen atoms in total. The molecule has 0 aliphatic heterocycles. The Morgan fingerprint density at radius 3 is 2.59 bits per heavy atom. The van der Waals surface area contributed by atoms with Gasteiger partial charge in [-0.25, -0.2) is 0 Å². The van der Waals surface area contributed by atoms with E-state index in [1.807, 2.05) is 0 Å². The van der Waals surface area contributed by atoms with E-state index < -0.39 is 0 Å². The Morgan fingerprint density at radius 2 is 1.94 bits per heavy atom. The highest BCUT2D eigenvalue weighted by Gasteiger charge is 2.17. The lowest BCUT2D eigenvalue weighted by Gasteiger charge is -2.26. The molecule has 0 amide bonds. The van der Waals surface area contributed by atoms with Crippen LogP contribution in [0.5, 0.6) is 0 Å². The second-order valence-electron chi connectivity index (χ2n) is 5.00. The van der Waals surface area contributed by atoms with Crippen molar-refractivity contribution in [2.45, 2.75) is 51.0 Å². The lowest BCUT2D eigenvalue weighted by Crippen LogP contribution is -2.37. The van der Waals surface area contributed by atoms with E-state index in [4.69, 9.17) is 15.3 Å². The largest absolute Gasteiger partial charge is 0.382 e. The summed E-state index contributed by atoms with van der Waals surface area (Å²) in [4.78, 5) is 0. The quantitative estimate of drug-likeness (QED) is 0.369. The predicted molar refractivity (Wildman–Crippen MR) is 69.6 cm³/mol. The first-order valence-electron chi connectivity index (χ1n) is 6.89. The summed E-state index contributed by atoms with van der Waals surface area (Å²) in [5, 5.41) is 0. The first-order chi connectivity index (χ1) is 8.36. The molecule has 0 aromatic rings. The second-order valence-corrected chi connectivity index (χ2v) is 5.00. The SMILES string of the molecule is COCCOCCC(CC1CCCCC1)NN. The lowest BCUT2D eigenvalue weighted by atomic mass is 9.84. The Kier molecular flexibility index (Phi) is 8.61. The lowest BCUT2D eigenvalue weighted by molar-refractivity contribution is 0.0643. The van der Waals surface area contributed by atoms with Crippen LogP contribution in [0.2, 0.25) is 0 Å². The van der Waals surface area contributed by atoms with Crippen LogP contribution >= 0.6 is 0 Å². The van der Waals surface area contributed by atoms with Crippen LogP contribution in [0.25, 0.3) is 0 Å². The molecule has 3 N–H and O–H groups in total. The maximum absolute atomic E-state index is 5.60. The molecular formula is C13H28N2O2. The van der Waals surface area contributed by atoms with Crippen molar-refractivity contribution in [2.75, 3.05) is 26.9 Å². The summed E-state index contributed by atoms with van der Waals surface area (Å²) >= 11 is 0. The minimum Gasteiger partial charge on any atom is -0.382 e. The molecule has 4 heteroatoms. The number of methoxy groups -OCH3 is 1. The molecule has 0 aromatic heterocycles. The van der Waals surface area contributed by atoms with Crippen molar-refractivity contribution in [1.29, 1.82) is 0 Å². The highest BCUT2D eigenvalue weighted by Crippen LogP contribution is 2.27. The Labute approximate surface area is 105 Å². The van der Waals surface area contributed by atoms with Gasteiger partial charge in [-0.2, -0.15) is 0 Å². The van der Waals surface area contributed by atoms with Crippen molar-refractivity contribution in [3.05, 3.63) is 0 Å². The van der Waals surface area contributed by atoms with Gasteiger partial charge in [0.15, 0.2) is 0 Å². The van der Waals surface area contributed by atoms with Crippen molar-refractivity contribution < 1.29 is 9.47 Å². The van der Waals surface area contributed by atoms with E-state index >= 15 is 0 Å². The molecular weight excluding hydrogens is 216 g/mol. The average molecular weight is 244 g/mol. The second kappa shape index (κ2) is 9.83. The molecule has 0 radical (unpaired) electrons. The van der Waals surface area contributed by atoms with Crippen LogP contribution in [0.1, 0.15) is 44.9 Å². The summed E-state index contributed by atoms with van der Waals surface area (Å²) in [5.41, 5.74) is 2.93. The van der Waals surface area contributed by atoms with Gasteiger partial charge in [-0.1, -0.05) is 32.1 Å². The van der Waals surface area contributed by atoms with Crippen LogP contribution in [0.15, 0.2) is 0 Å². The Bertz CT molecular complexity index is 173. The van der Waals surface area contributed by atoms with Crippen LogP contribution in [0.4, 0.5) is 0 Å². The highest BCUT2D eigenvalue weighted by atomic mass is 16.5. The zero-order valence-corrected chi connectivity index (χ0v) is 11.1. The minimum atomic E-state index is 0.403. The Morgan fingerprint density at radius 1 is 1.18 bits per heavy atom. The monoisotopic (exact) mass is 244 g/mol. The average Bonchev–Trinajstić information content (AvgIpc) is 2.38. The summed E-state index contributed by atoms with van der Waals surface area (Å²) in [6.45, 7) is 2.12. The summed E-state index contributed by atoms with van der Waals surface area (Å²) in [6.07, 6.45) is 9.15. The maximum atomic E-state index is 5.60. The number of nitrogens with one attached hydrogen (secondary N) is 1. The molecule has 1 saturated carbocycles. The molecule has 0 aromatic carbocycles. The molecule has 1 rings (SSSR count).